The quantitative estimate of drug-likeness (QED) is 0.564. The molecule has 24 heavy (non-hydrogen) atoms. The number of esters is 1. The van der Waals surface area contributed by atoms with Crippen molar-refractivity contribution in [1.29, 1.82) is 0 Å². The molecule has 0 saturated carbocycles. The molecule has 0 heterocycles. The third-order valence-corrected chi connectivity index (χ3v) is 2.42. The molecule has 3 N–H and O–H groups in total. The van der Waals surface area contributed by atoms with Crippen molar-refractivity contribution in [2.24, 2.45) is 5.73 Å². The zero-order valence-corrected chi connectivity index (χ0v) is 12.5. The van der Waals surface area contributed by atoms with Crippen molar-refractivity contribution in [2.45, 2.75) is 6.61 Å². The molecular formula is C14H14F2N2O6. The highest BCUT2D eigenvalue weighted by Gasteiger charge is 2.11. The number of carbonyl (C=O) groups is 3. The van der Waals surface area contributed by atoms with Crippen LogP contribution in [-0.2, 0) is 14.3 Å². The van der Waals surface area contributed by atoms with Crippen LogP contribution < -0.4 is 20.5 Å². The topological polar surface area (TPSA) is 117 Å². The summed E-state index contributed by atoms with van der Waals surface area (Å²) in [6.07, 6.45) is 2.31. The van der Waals surface area contributed by atoms with Crippen molar-refractivity contribution in [2.75, 3.05) is 13.7 Å². The first-order chi connectivity index (χ1) is 11.3. The van der Waals surface area contributed by atoms with Gasteiger partial charge < -0.3 is 19.9 Å². The number of hydrogen-bond donors (Lipinski definition) is 2. The number of methoxy groups -OCH3 is 1. The number of urea groups is 1. The number of benzene rings is 1. The number of primary amides is 1. The zero-order valence-electron chi connectivity index (χ0n) is 12.5. The van der Waals surface area contributed by atoms with Gasteiger partial charge >= 0.3 is 18.6 Å². The number of hydrogen-bond acceptors (Lipinski definition) is 6. The van der Waals surface area contributed by atoms with Gasteiger partial charge in [0, 0.05) is 6.08 Å². The van der Waals surface area contributed by atoms with E-state index in [-0.39, 0.29) is 11.5 Å². The third-order valence-electron chi connectivity index (χ3n) is 2.42. The van der Waals surface area contributed by atoms with Crippen molar-refractivity contribution >= 4 is 24.0 Å². The maximum atomic E-state index is 12.2. The first-order valence-corrected chi connectivity index (χ1v) is 6.38. The normalized spacial score (nSPS) is 10.5. The van der Waals surface area contributed by atoms with E-state index in [2.05, 4.69) is 9.47 Å². The summed E-state index contributed by atoms with van der Waals surface area (Å²) in [4.78, 5) is 32.8. The lowest BCUT2D eigenvalue weighted by molar-refractivity contribution is -0.143. The number of imide groups is 1. The predicted octanol–water partition coefficient (Wildman–Crippen LogP) is 1.05. The van der Waals surface area contributed by atoms with Crippen LogP contribution in [0.5, 0.6) is 11.5 Å². The highest BCUT2D eigenvalue weighted by atomic mass is 19.3. The number of alkyl halides is 2. The van der Waals surface area contributed by atoms with E-state index in [1.165, 1.54) is 31.4 Å². The Balaban J connectivity index is 2.64. The van der Waals surface area contributed by atoms with Crippen LogP contribution in [0, 0.1) is 0 Å². The van der Waals surface area contributed by atoms with Gasteiger partial charge in [0.15, 0.2) is 18.1 Å². The molecule has 130 valence electrons. The second-order valence-electron chi connectivity index (χ2n) is 4.14. The Labute approximate surface area is 135 Å². The fraction of sp³-hybridized carbons (Fsp3) is 0.214. The van der Waals surface area contributed by atoms with Gasteiger partial charge in [-0.05, 0) is 23.8 Å². The van der Waals surface area contributed by atoms with Crippen LogP contribution in [0.3, 0.4) is 0 Å². The second kappa shape index (κ2) is 9.08. The standard InChI is InChI=1S/C14H14F2N2O6/c1-22-10-6-8(2-4-9(10)24-13(15)16)3-5-12(20)23-7-11(19)18-14(17)21/h2-6,13H,7H2,1H3,(H3,17,18,19,21)/b5-3+. The van der Waals surface area contributed by atoms with Gasteiger partial charge in [-0.2, -0.15) is 8.78 Å². The minimum Gasteiger partial charge on any atom is -0.493 e. The molecule has 0 radical (unpaired) electrons. The minimum atomic E-state index is -3.00. The molecule has 0 spiro atoms. The first-order valence-electron chi connectivity index (χ1n) is 6.38. The maximum Gasteiger partial charge on any atom is 0.387 e. The summed E-state index contributed by atoms with van der Waals surface area (Å²) < 4.78 is 38.1. The van der Waals surface area contributed by atoms with Crippen molar-refractivity contribution in [3.8, 4) is 11.5 Å². The van der Waals surface area contributed by atoms with Crippen LogP contribution in [0.1, 0.15) is 5.56 Å². The largest absolute Gasteiger partial charge is 0.493 e. The molecule has 1 aromatic carbocycles. The van der Waals surface area contributed by atoms with E-state index in [9.17, 15) is 23.2 Å². The molecule has 8 nitrogen and oxygen atoms in total. The Morgan fingerprint density at radius 1 is 1.29 bits per heavy atom. The van der Waals surface area contributed by atoms with Crippen molar-refractivity contribution in [3.05, 3.63) is 29.8 Å². The molecule has 10 heteroatoms. The molecule has 0 unspecified atom stereocenters. The highest BCUT2D eigenvalue weighted by molar-refractivity contribution is 5.95. The van der Waals surface area contributed by atoms with Crippen LogP contribution in [0.25, 0.3) is 6.08 Å². The second-order valence-corrected chi connectivity index (χ2v) is 4.14. The van der Waals surface area contributed by atoms with Gasteiger partial charge in [-0.25, -0.2) is 9.59 Å². The van der Waals surface area contributed by atoms with Gasteiger partial charge in [0.1, 0.15) is 0 Å². The smallest absolute Gasteiger partial charge is 0.387 e. The van der Waals surface area contributed by atoms with E-state index in [1.54, 1.807) is 5.32 Å². The molecule has 0 aromatic heterocycles. The number of ether oxygens (including phenoxy) is 3. The van der Waals surface area contributed by atoms with Crippen molar-refractivity contribution < 1.29 is 37.4 Å². The van der Waals surface area contributed by atoms with Crippen LogP contribution in [-0.4, -0.2) is 38.2 Å². The lowest BCUT2D eigenvalue weighted by Crippen LogP contribution is -2.37. The molecule has 3 amide bonds. The lowest BCUT2D eigenvalue weighted by Gasteiger charge is -2.10. The number of rotatable bonds is 7. The van der Waals surface area contributed by atoms with Gasteiger partial charge in [0.2, 0.25) is 0 Å². The summed E-state index contributed by atoms with van der Waals surface area (Å²) in [6, 6.07) is 2.95. The fourth-order valence-corrected chi connectivity index (χ4v) is 1.50. The Bertz CT molecular complexity index is 648. The predicted molar refractivity (Wildman–Crippen MR) is 77.3 cm³/mol. The van der Waals surface area contributed by atoms with E-state index in [4.69, 9.17) is 10.5 Å². The van der Waals surface area contributed by atoms with Gasteiger partial charge in [-0.3, -0.25) is 10.1 Å². The maximum absolute atomic E-state index is 12.2. The number of carbonyl (C=O) groups excluding carboxylic acids is 3. The molecule has 0 atom stereocenters. The number of halogens is 2. The van der Waals surface area contributed by atoms with E-state index >= 15 is 0 Å². The zero-order chi connectivity index (χ0) is 18.1. The van der Waals surface area contributed by atoms with Crippen LogP contribution in [0.2, 0.25) is 0 Å². The molecule has 1 aromatic rings. The van der Waals surface area contributed by atoms with Crippen LogP contribution >= 0.6 is 0 Å². The summed E-state index contributed by atoms with van der Waals surface area (Å²) in [5.41, 5.74) is 5.15. The van der Waals surface area contributed by atoms with Gasteiger partial charge in [0.25, 0.3) is 5.91 Å². The molecule has 0 aliphatic rings. The molecule has 0 saturated heterocycles. The van der Waals surface area contributed by atoms with E-state index < -0.39 is 31.1 Å². The SMILES string of the molecule is COc1cc(/C=C/C(=O)OCC(=O)NC(N)=O)ccc1OC(F)F. The van der Waals surface area contributed by atoms with Crippen LogP contribution in [0.15, 0.2) is 24.3 Å². The number of amides is 3. The monoisotopic (exact) mass is 344 g/mol. The molecule has 0 aliphatic carbocycles. The Hall–Kier alpha value is -3.17. The third kappa shape index (κ3) is 6.73. The summed E-state index contributed by atoms with van der Waals surface area (Å²) in [5.74, 6) is -1.84. The summed E-state index contributed by atoms with van der Waals surface area (Å²) >= 11 is 0. The van der Waals surface area contributed by atoms with Crippen molar-refractivity contribution in [1.82, 2.24) is 5.32 Å². The molecule has 0 bridgehead atoms. The molecule has 0 fully saturated rings. The number of nitrogens with one attached hydrogen (secondary N) is 1. The Kier molecular flexibility index (Phi) is 7.14. The average molecular weight is 344 g/mol. The minimum absolute atomic E-state index is 0.0478. The molecule has 0 aliphatic heterocycles. The Morgan fingerprint density at radius 2 is 2.00 bits per heavy atom. The van der Waals surface area contributed by atoms with E-state index in [1.807, 2.05) is 0 Å². The Morgan fingerprint density at radius 3 is 2.58 bits per heavy atom. The molecule has 1 rings (SSSR count). The van der Waals surface area contributed by atoms with E-state index in [0.29, 0.717) is 5.56 Å². The van der Waals surface area contributed by atoms with E-state index in [0.717, 1.165) is 6.08 Å². The summed E-state index contributed by atoms with van der Waals surface area (Å²) in [7, 11) is 1.27. The number of nitrogens with two attached hydrogens (primary N) is 1. The van der Waals surface area contributed by atoms with Gasteiger partial charge in [-0.15, -0.1) is 0 Å². The fourth-order valence-electron chi connectivity index (χ4n) is 1.50. The molecular weight excluding hydrogens is 330 g/mol. The highest BCUT2D eigenvalue weighted by Crippen LogP contribution is 2.29. The average Bonchev–Trinajstić information content (AvgIpc) is 2.50. The van der Waals surface area contributed by atoms with Crippen LogP contribution in [0.4, 0.5) is 13.6 Å². The summed E-state index contributed by atoms with van der Waals surface area (Å²) in [6.45, 7) is -3.68. The van der Waals surface area contributed by atoms with Gasteiger partial charge in [0.05, 0.1) is 7.11 Å². The lowest BCUT2D eigenvalue weighted by atomic mass is 10.2. The van der Waals surface area contributed by atoms with Crippen molar-refractivity contribution in [3.63, 3.8) is 0 Å². The summed E-state index contributed by atoms with van der Waals surface area (Å²) in [5, 5.41) is 1.72. The van der Waals surface area contributed by atoms with Gasteiger partial charge in [-0.1, -0.05) is 6.07 Å². The first kappa shape index (κ1) is 18.9.